The average molecular weight is 437 g/mol. The van der Waals surface area contributed by atoms with Crippen LogP contribution in [0.2, 0.25) is 0 Å². The summed E-state index contributed by atoms with van der Waals surface area (Å²) in [5, 5.41) is 4.89. The van der Waals surface area contributed by atoms with Crippen molar-refractivity contribution in [3.8, 4) is 0 Å². The van der Waals surface area contributed by atoms with Crippen LogP contribution in [0.4, 0.5) is 0 Å². The van der Waals surface area contributed by atoms with Crippen LogP contribution >= 0.6 is 23.1 Å². The zero-order chi connectivity index (χ0) is 20.9. The predicted molar refractivity (Wildman–Crippen MR) is 117 cm³/mol. The lowest BCUT2D eigenvalue weighted by atomic mass is 9.80. The Balaban J connectivity index is 1.61. The van der Waals surface area contributed by atoms with E-state index < -0.39 is 5.54 Å². The largest absolute Gasteiger partial charge is 0.341 e. The van der Waals surface area contributed by atoms with E-state index in [1.54, 1.807) is 6.20 Å². The highest BCUT2D eigenvalue weighted by Gasteiger charge is 2.42. The SMILES string of the molecule is CCN(CC)C(=O)C1(NC(=O)CSCc2cc(=O)n3ccsc3n2)CCCCC1. The maximum Gasteiger partial charge on any atom is 0.258 e. The first kappa shape index (κ1) is 21.8. The van der Waals surface area contributed by atoms with E-state index in [0.717, 1.165) is 19.3 Å². The molecule has 0 spiro atoms. The molecule has 0 saturated heterocycles. The number of fused-ring (bicyclic) bond motifs is 1. The lowest BCUT2D eigenvalue weighted by Crippen LogP contribution is -2.60. The third kappa shape index (κ3) is 5.01. The minimum absolute atomic E-state index is 0.0402. The van der Waals surface area contributed by atoms with Gasteiger partial charge in [-0.05, 0) is 26.7 Å². The number of likely N-dealkylation sites (N-methyl/N-ethyl adjacent to an activating group) is 1. The summed E-state index contributed by atoms with van der Waals surface area (Å²) in [7, 11) is 0. The first-order valence-electron chi connectivity index (χ1n) is 10.1. The number of carbonyl (C=O) groups is 2. The molecule has 2 amide bonds. The second-order valence-corrected chi connectivity index (χ2v) is 9.16. The zero-order valence-corrected chi connectivity index (χ0v) is 18.6. The van der Waals surface area contributed by atoms with Gasteiger partial charge in [-0.2, -0.15) is 0 Å². The van der Waals surface area contributed by atoms with E-state index in [4.69, 9.17) is 0 Å². The van der Waals surface area contributed by atoms with Crippen molar-refractivity contribution in [1.82, 2.24) is 19.6 Å². The summed E-state index contributed by atoms with van der Waals surface area (Å²) in [6.07, 6.45) is 6.11. The van der Waals surface area contributed by atoms with Crippen LogP contribution in [0.5, 0.6) is 0 Å². The van der Waals surface area contributed by atoms with Gasteiger partial charge in [0.15, 0.2) is 4.96 Å². The fourth-order valence-corrected chi connectivity index (χ4v) is 5.33. The van der Waals surface area contributed by atoms with Crippen LogP contribution in [0.1, 0.15) is 51.6 Å². The molecule has 29 heavy (non-hydrogen) atoms. The Bertz CT molecular complexity index is 914. The van der Waals surface area contributed by atoms with Crippen molar-refractivity contribution in [2.75, 3.05) is 18.8 Å². The lowest BCUT2D eigenvalue weighted by molar-refractivity contribution is -0.142. The third-order valence-corrected chi connectivity index (χ3v) is 7.11. The number of rotatable bonds is 8. The van der Waals surface area contributed by atoms with E-state index in [-0.39, 0.29) is 23.1 Å². The number of aromatic nitrogens is 2. The van der Waals surface area contributed by atoms with Gasteiger partial charge in [-0.25, -0.2) is 4.98 Å². The number of carbonyl (C=O) groups excluding carboxylic acids is 2. The summed E-state index contributed by atoms with van der Waals surface area (Å²) in [6.45, 7) is 5.23. The Morgan fingerprint density at radius 1 is 1.28 bits per heavy atom. The van der Waals surface area contributed by atoms with Gasteiger partial charge in [0, 0.05) is 36.5 Å². The van der Waals surface area contributed by atoms with Crippen molar-refractivity contribution in [2.45, 2.75) is 57.2 Å². The minimum Gasteiger partial charge on any atom is -0.341 e. The van der Waals surface area contributed by atoms with Gasteiger partial charge in [-0.1, -0.05) is 19.3 Å². The molecule has 7 nitrogen and oxygen atoms in total. The van der Waals surface area contributed by atoms with Gasteiger partial charge in [-0.3, -0.25) is 18.8 Å². The van der Waals surface area contributed by atoms with Crippen molar-refractivity contribution < 1.29 is 9.59 Å². The highest BCUT2D eigenvalue weighted by atomic mass is 32.2. The van der Waals surface area contributed by atoms with Gasteiger partial charge in [0.25, 0.3) is 5.56 Å². The standard InChI is InChI=1S/C20H28N4O3S2/c1-3-23(4-2)18(27)20(8-6-5-7-9-20)22-16(25)14-28-13-15-12-17(26)24-10-11-29-19(24)21-15/h10-12H,3-9,13-14H2,1-2H3,(H,22,25). The van der Waals surface area contributed by atoms with Gasteiger partial charge >= 0.3 is 0 Å². The van der Waals surface area contributed by atoms with Crippen molar-refractivity contribution in [3.05, 3.63) is 33.7 Å². The molecule has 2 aromatic rings. The number of hydrogen-bond acceptors (Lipinski definition) is 6. The van der Waals surface area contributed by atoms with Gasteiger partial charge < -0.3 is 10.2 Å². The van der Waals surface area contributed by atoms with Crippen LogP contribution in [0, 0.1) is 0 Å². The van der Waals surface area contributed by atoms with Crippen molar-refractivity contribution in [3.63, 3.8) is 0 Å². The quantitative estimate of drug-likeness (QED) is 0.688. The summed E-state index contributed by atoms with van der Waals surface area (Å²) in [6, 6.07) is 1.51. The van der Waals surface area contributed by atoms with Crippen LogP contribution in [0.3, 0.4) is 0 Å². The van der Waals surface area contributed by atoms with Gasteiger partial charge in [0.05, 0.1) is 11.4 Å². The summed E-state index contributed by atoms with van der Waals surface area (Å²) in [5.74, 6) is 0.622. The first-order valence-corrected chi connectivity index (χ1v) is 12.2. The summed E-state index contributed by atoms with van der Waals surface area (Å²) in [4.78, 5) is 44.8. The van der Waals surface area contributed by atoms with Gasteiger partial charge in [0.1, 0.15) is 5.54 Å². The van der Waals surface area contributed by atoms with Gasteiger partial charge in [0.2, 0.25) is 11.8 Å². The molecule has 0 atom stereocenters. The predicted octanol–water partition coefficient (Wildman–Crippen LogP) is 2.68. The van der Waals surface area contributed by atoms with Crippen LogP contribution in [-0.4, -0.2) is 50.5 Å². The fraction of sp³-hybridized carbons (Fsp3) is 0.600. The molecule has 0 unspecified atom stereocenters. The van der Waals surface area contributed by atoms with Crippen molar-refractivity contribution in [1.29, 1.82) is 0 Å². The average Bonchev–Trinajstić information content (AvgIpc) is 3.19. The molecule has 158 valence electrons. The molecule has 1 fully saturated rings. The Hall–Kier alpha value is -1.87. The topological polar surface area (TPSA) is 83.8 Å². The third-order valence-electron chi connectivity index (χ3n) is 5.39. The Morgan fingerprint density at radius 2 is 2.00 bits per heavy atom. The van der Waals surface area contributed by atoms with Gasteiger partial charge in [-0.15, -0.1) is 23.1 Å². The number of thiazole rings is 1. The molecule has 9 heteroatoms. The molecule has 1 saturated carbocycles. The number of amides is 2. The van der Waals surface area contributed by atoms with E-state index in [1.807, 2.05) is 24.1 Å². The second-order valence-electron chi connectivity index (χ2n) is 7.30. The number of nitrogens with zero attached hydrogens (tertiary/aromatic N) is 3. The van der Waals surface area contributed by atoms with E-state index in [2.05, 4.69) is 10.3 Å². The minimum atomic E-state index is -0.769. The molecule has 1 N–H and O–H groups in total. The zero-order valence-electron chi connectivity index (χ0n) is 17.0. The summed E-state index contributed by atoms with van der Waals surface area (Å²) in [5.41, 5.74) is -0.210. The smallest absolute Gasteiger partial charge is 0.258 e. The van der Waals surface area contributed by atoms with Crippen molar-refractivity contribution in [2.24, 2.45) is 0 Å². The summed E-state index contributed by atoms with van der Waals surface area (Å²) < 4.78 is 1.51. The highest BCUT2D eigenvalue weighted by Crippen LogP contribution is 2.30. The molecular formula is C20H28N4O3S2. The van der Waals surface area contributed by atoms with E-state index in [1.165, 1.54) is 33.6 Å². The van der Waals surface area contributed by atoms with Crippen LogP contribution in [-0.2, 0) is 15.3 Å². The molecular weight excluding hydrogens is 408 g/mol. The first-order chi connectivity index (χ1) is 14.0. The van der Waals surface area contributed by atoms with Crippen LogP contribution in [0.15, 0.2) is 22.4 Å². The molecule has 0 radical (unpaired) electrons. The van der Waals surface area contributed by atoms with Crippen LogP contribution < -0.4 is 10.9 Å². The Kier molecular flexibility index (Phi) is 7.34. The fourth-order valence-electron chi connectivity index (χ4n) is 3.87. The Labute approximate surface area is 178 Å². The molecule has 2 heterocycles. The molecule has 0 aliphatic heterocycles. The molecule has 0 bridgehead atoms. The van der Waals surface area contributed by atoms with E-state index in [9.17, 15) is 14.4 Å². The Morgan fingerprint density at radius 3 is 2.69 bits per heavy atom. The van der Waals surface area contributed by atoms with Crippen LogP contribution in [0.25, 0.3) is 4.96 Å². The van der Waals surface area contributed by atoms with Crippen molar-refractivity contribution >= 4 is 39.9 Å². The van der Waals surface area contributed by atoms with E-state index in [0.29, 0.717) is 42.3 Å². The number of thioether (sulfide) groups is 1. The number of nitrogens with one attached hydrogen (secondary N) is 1. The molecule has 2 aromatic heterocycles. The lowest BCUT2D eigenvalue weighted by Gasteiger charge is -2.40. The summed E-state index contributed by atoms with van der Waals surface area (Å²) >= 11 is 2.82. The number of hydrogen-bond donors (Lipinski definition) is 1. The maximum atomic E-state index is 13.1. The second kappa shape index (κ2) is 9.75. The molecule has 0 aromatic carbocycles. The maximum absolute atomic E-state index is 13.1. The normalized spacial score (nSPS) is 15.9. The molecule has 1 aliphatic carbocycles. The highest BCUT2D eigenvalue weighted by molar-refractivity contribution is 7.99. The monoisotopic (exact) mass is 436 g/mol. The van der Waals surface area contributed by atoms with E-state index >= 15 is 0 Å². The molecule has 1 aliphatic rings. The molecule has 3 rings (SSSR count).